The molecule has 0 aliphatic carbocycles. The van der Waals surface area contributed by atoms with E-state index in [0.717, 1.165) is 12.1 Å². The van der Waals surface area contributed by atoms with Gasteiger partial charge in [-0.1, -0.05) is 17.7 Å². The largest absolute Gasteiger partial charge is 0.443 e. The van der Waals surface area contributed by atoms with Gasteiger partial charge in [-0.05, 0) is 42.5 Å². The third kappa shape index (κ3) is 5.92. The molecule has 0 aliphatic heterocycles. The van der Waals surface area contributed by atoms with E-state index in [2.05, 4.69) is 32.1 Å². The number of alkyl halides is 3. The van der Waals surface area contributed by atoms with E-state index >= 15 is 0 Å². The molecule has 3 rings (SSSR count). The van der Waals surface area contributed by atoms with Gasteiger partial charge in [0.15, 0.2) is 5.90 Å². The smallest absolute Gasteiger partial charge is 0.416 e. The highest BCUT2D eigenvalue weighted by atomic mass is 19.4. The van der Waals surface area contributed by atoms with Crippen LogP contribution < -0.4 is 15.8 Å². The first kappa shape index (κ1) is 21.6. The zero-order valence-corrected chi connectivity index (χ0v) is 16.2. The monoisotopic (exact) mass is 430 g/mol. The molecule has 0 saturated carbocycles. The predicted octanol–water partition coefficient (Wildman–Crippen LogP) is 4.75. The van der Waals surface area contributed by atoms with Gasteiger partial charge in [-0.2, -0.15) is 18.2 Å². The summed E-state index contributed by atoms with van der Waals surface area (Å²) >= 11 is 0. The molecule has 2 aromatic carbocycles. The maximum atomic E-state index is 12.8. The van der Waals surface area contributed by atoms with Gasteiger partial charge in [-0.15, -0.1) is 5.10 Å². The number of rotatable bonds is 5. The van der Waals surface area contributed by atoms with Crippen molar-refractivity contribution >= 4 is 23.6 Å². The Morgan fingerprint density at radius 3 is 2.61 bits per heavy atom. The van der Waals surface area contributed by atoms with Crippen LogP contribution in [0.1, 0.15) is 12.5 Å². The summed E-state index contributed by atoms with van der Waals surface area (Å²) in [5.74, 6) is 0.948. The van der Waals surface area contributed by atoms with Crippen LogP contribution in [0.2, 0.25) is 0 Å². The number of hydrogen-bond donors (Lipinski definition) is 2. The minimum absolute atomic E-state index is 0.00998. The van der Waals surface area contributed by atoms with Gasteiger partial charge in [0.05, 0.1) is 5.56 Å². The number of aliphatic imine (C=N–C) groups is 2. The lowest BCUT2D eigenvalue weighted by Gasteiger charge is -2.08. The zero-order chi connectivity index (χ0) is 22.4. The Morgan fingerprint density at radius 2 is 1.94 bits per heavy atom. The second-order valence-electron chi connectivity index (χ2n) is 6.04. The minimum Gasteiger partial charge on any atom is -0.443 e. The molecule has 0 unspecified atom stereocenters. The third-order valence-corrected chi connectivity index (χ3v) is 3.73. The molecule has 11 heteroatoms. The van der Waals surface area contributed by atoms with E-state index in [1.807, 2.05) is 0 Å². The van der Waals surface area contributed by atoms with Gasteiger partial charge in [-0.3, -0.25) is 0 Å². The van der Waals surface area contributed by atoms with Crippen molar-refractivity contribution in [2.24, 2.45) is 15.7 Å². The Hall–Kier alpha value is -4.15. The summed E-state index contributed by atoms with van der Waals surface area (Å²) in [5, 5.41) is 10.4. The van der Waals surface area contributed by atoms with Crippen LogP contribution in [0.25, 0.3) is 11.5 Å². The molecule has 0 spiro atoms. The zero-order valence-electron chi connectivity index (χ0n) is 16.2. The standard InChI is InChI=1S/C20H17F3N6O2/c1-3-25-18(24)26-12(2)30-16-9-7-13(8-10-16)17-28-29-19(31-17)27-15-6-4-5-14(11-15)20(21,22)23/h3-11H,1H2,2H3,(H2,24,25)(H,27,29)/b26-12+. The van der Waals surface area contributed by atoms with Crippen molar-refractivity contribution < 1.29 is 22.3 Å². The summed E-state index contributed by atoms with van der Waals surface area (Å²) < 4.78 is 49.5. The SMILES string of the molecule is C=CN=C(N)/N=C(\C)Oc1ccc(-c2nnc(Nc3cccc(C(F)(F)F)c3)o2)cc1. The van der Waals surface area contributed by atoms with Gasteiger partial charge in [0.25, 0.3) is 0 Å². The van der Waals surface area contributed by atoms with E-state index < -0.39 is 11.7 Å². The number of anilines is 2. The molecule has 0 amide bonds. The van der Waals surface area contributed by atoms with E-state index in [-0.39, 0.29) is 29.5 Å². The molecule has 0 radical (unpaired) electrons. The van der Waals surface area contributed by atoms with Crippen LogP contribution in [0.4, 0.5) is 24.9 Å². The van der Waals surface area contributed by atoms with Crippen molar-refractivity contribution in [3.8, 4) is 17.2 Å². The number of benzene rings is 2. The fraction of sp³-hybridized carbons (Fsp3) is 0.100. The number of nitrogens with two attached hydrogens (primary N) is 1. The second kappa shape index (κ2) is 9.11. The first-order valence-corrected chi connectivity index (χ1v) is 8.80. The fourth-order valence-corrected chi connectivity index (χ4v) is 2.43. The van der Waals surface area contributed by atoms with Crippen molar-refractivity contribution in [2.75, 3.05) is 5.32 Å². The van der Waals surface area contributed by atoms with Gasteiger partial charge in [0.1, 0.15) is 5.75 Å². The maximum absolute atomic E-state index is 12.8. The number of ether oxygens (including phenoxy) is 1. The number of hydrogen-bond acceptors (Lipinski definition) is 6. The predicted molar refractivity (Wildman–Crippen MR) is 110 cm³/mol. The first-order valence-electron chi connectivity index (χ1n) is 8.80. The van der Waals surface area contributed by atoms with Crippen LogP contribution in [-0.2, 0) is 6.18 Å². The summed E-state index contributed by atoms with van der Waals surface area (Å²) in [6, 6.07) is 11.3. The van der Waals surface area contributed by atoms with Gasteiger partial charge in [-0.25, -0.2) is 4.99 Å². The quantitative estimate of drug-likeness (QED) is 0.446. The third-order valence-electron chi connectivity index (χ3n) is 3.73. The molecule has 8 nitrogen and oxygen atoms in total. The molecule has 3 aromatic rings. The molecule has 3 N–H and O–H groups in total. The van der Waals surface area contributed by atoms with Crippen LogP contribution in [0.3, 0.4) is 0 Å². The first-order chi connectivity index (χ1) is 14.7. The average Bonchev–Trinajstić information content (AvgIpc) is 3.16. The van der Waals surface area contributed by atoms with Crippen LogP contribution in [0.15, 0.2) is 75.7 Å². The van der Waals surface area contributed by atoms with Gasteiger partial charge < -0.3 is 20.2 Å². The minimum atomic E-state index is -4.45. The summed E-state index contributed by atoms with van der Waals surface area (Å²) in [4.78, 5) is 7.65. The van der Waals surface area contributed by atoms with Gasteiger partial charge in [0, 0.05) is 24.4 Å². The summed E-state index contributed by atoms with van der Waals surface area (Å²) in [6.07, 6.45) is -3.18. The maximum Gasteiger partial charge on any atom is 0.416 e. The molecule has 1 heterocycles. The molecule has 1 aromatic heterocycles. The van der Waals surface area contributed by atoms with E-state index in [0.29, 0.717) is 11.3 Å². The lowest BCUT2D eigenvalue weighted by Crippen LogP contribution is -2.13. The molecule has 31 heavy (non-hydrogen) atoms. The van der Waals surface area contributed by atoms with E-state index in [9.17, 15) is 13.2 Å². The Balaban J connectivity index is 1.69. The molecule has 0 atom stereocenters. The number of nitrogens with zero attached hydrogens (tertiary/aromatic N) is 4. The van der Waals surface area contributed by atoms with Crippen molar-refractivity contribution in [1.29, 1.82) is 0 Å². The lowest BCUT2D eigenvalue weighted by atomic mass is 10.2. The summed E-state index contributed by atoms with van der Waals surface area (Å²) in [6.45, 7) is 5.04. The lowest BCUT2D eigenvalue weighted by molar-refractivity contribution is -0.137. The number of halogens is 3. The number of nitrogens with one attached hydrogen (secondary N) is 1. The van der Waals surface area contributed by atoms with E-state index in [1.165, 1.54) is 18.3 Å². The van der Waals surface area contributed by atoms with Crippen molar-refractivity contribution in [3.05, 3.63) is 66.9 Å². The average molecular weight is 430 g/mol. The normalized spacial score (nSPS) is 12.5. The molecule has 0 fully saturated rings. The fourth-order valence-electron chi connectivity index (χ4n) is 2.43. The Labute approximate surface area is 175 Å². The van der Waals surface area contributed by atoms with Crippen molar-refractivity contribution in [3.63, 3.8) is 0 Å². The highest BCUT2D eigenvalue weighted by Crippen LogP contribution is 2.31. The number of guanidine groups is 1. The Bertz CT molecular complexity index is 1120. The van der Waals surface area contributed by atoms with Crippen molar-refractivity contribution in [1.82, 2.24) is 10.2 Å². The molecular formula is C20H17F3N6O2. The van der Waals surface area contributed by atoms with E-state index in [1.54, 1.807) is 31.2 Å². The second-order valence-corrected chi connectivity index (χ2v) is 6.04. The molecule has 0 aliphatic rings. The van der Waals surface area contributed by atoms with E-state index in [4.69, 9.17) is 14.9 Å². The van der Waals surface area contributed by atoms with Crippen LogP contribution in [0.5, 0.6) is 5.75 Å². The van der Waals surface area contributed by atoms with Crippen molar-refractivity contribution in [2.45, 2.75) is 13.1 Å². The Morgan fingerprint density at radius 1 is 1.19 bits per heavy atom. The summed E-state index contributed by atoms with van der Waals surface area (Å²) in [7, 11) is 0. The van der Waals surface area contributed by atoms with Gasteiger partial charge >= 0.3 is 12.2 Å². The Kier molecular flexibility index (Phi) is 6.34. The van der Waals surface area contributed by atoms with Crippen LogP contribution in [-0.4, -0.2) is 22.1 Å². The topological polar surface area (TPSA) is 111 Å². The molecule has 160 valence electrons. The highest BCUT2D eigenvalue weighted by Gasteiger charge is 2.30. The number of aromatic nitrogens is 2. The van der Waals surface area contributed by atoms with Crippen LogP contribution in [0, 0.1) is 0 Å². The van der Waals surface area contributed by atoms with Gasteiger partial charge in [0.2, 0.25) is 11.9 Å². The molecule has 0 bridgehead atoms. The van der Waals surface area contributed by atoms with Crippen LogP contribution >= 0.6 is 0 Å². The molecular weight excluding hydrogens is 413 g/mol. The highest BCUT2D eigenvalue weighted by molar-refractivity contribution is 5.92. The molecule has 0 saturated heterocycles. The summed E-state index contributed by atoms with van der Waals surface area (Å²) in [5.41, 5.74) is 5.51.